The summed E-state index contributed by atoms with van der Waals surface area (Å²) in [6.45, 7) is 0. The molecule has 0 saturated heterocycles. The van der Waals surface area contributed by atoms with E-state index in [0.717, 1.165) is 11.1 Å². The van der Waals surface area contributed by atoms with E-state index in [1.165, 1.54) is 6.07 Å². The van der Waals surface area contributed by atoms with Crippen LogP contribution >= 0.6 is 23.2 Å². The minimum absolute atomic E-state index is 0.115. The highest BCUT2D eigenvalue weighted by atomic mass is 35.5. The zero-order valence-electron chi connectivity index (χ0n) is 11.6. The average molecular weight is 330 g/mol. The predicted octanol–water partition coefficient (Wildman–Crippen LogP) is 4.79. The van der Waals surface area contributed by atoms with Gasteiger partial charge in [0.15, 0.2) is 0 Å². The summed E-state index contributed by atoms with van der Waals surface area (Å²) in [7, 11) is 0. The third-order valence-electron chi connectivity index (χ3n) is 3.47. The number of hydrogen-bond donors (Lipinski definition) is 0. The highest BCUT2D eigenvalue weighted by Crippen LogP contribution is 2.27. The lowest BCUT2D eigenvalue weighted by Crippen LogP contribution is -2.26. The summed E-state index contributed by atoms with van der Waals surface area (Å²) in [6, 6.07) is 20.8. The predicted molar refractivity (Wildman–Crippen MR) is 90.8 cm³/mol. The van der Waals surface area contributed by atoms with E-state index in [1.807, 2.05) is 60.7 Å². The zero-order chi connectivity index (χ0) is 15.5. The van der Waals surface area contributed by atoms with Gasteiger partial charge >= 0.3 is 0 Å². The van der Waals surface area contributed by atoms with E-state index in [9.17, 15) is 4.79 Å². The Morgan fingerprint density at radius 2 is 1.32 bits per heavy atom. The van der Waals surface area contributed by atoms with Crippen molar-refractivity contribution >= 4 is 23.2 Å². The van der Waals surface area contributed by atoms with Crippen molar-refractivity contribution in [1.82, 2.24) is 4.57 Å². The molecule has 3 aromatic rings. The number of pyridine rings is 1. The molecule has 2 nitrogen and oxygen atoms in total. The lowest BCUT2D eigenvalue weighted by Gasteiger charge is -2.21. The molecule has 0 fully saturated rings. The van der Waals surface area contributed by atoms with Crippen LogP contribution < -0.4 is 5.56 Å². The lowest BCUT2D eigenvalue weighted by molar-refractivity contribution is 0.651. The van der Waals surface area contributed by atoms with Crippen molar-refractivity contribution in [2.24, 2.45) is 0 Å². The Morgan fingerprint density at radius 1 is 0.818 bits per heavy atom. The van der Waals surface area contributed by atoms with Crippen LogP contribution in [0.2, 0.25) is 10.0 Å². The van der Waals surface area contributed by atoms with Crippen molar-refractivity contribution in [3.8, 4) is 0 Å². The van der Waals surface area contributed by atoms with Crippen LogP contribution in [0.4, 0.5) is 0 Å². The number of halogens is 2. The molecular weight excluding hydrogens is 317 g/mol. The molecule has 22 heavy (non-hydrogen) atoms. The van der Waals surface area contributed by atoms with Crippen LogP contribution in [-0.2, 0) is 0 Å². The Labute approximate surface area is 138 Å². The first-order valence-corrected chi connectivity index (χ1v) is 7.59. The Balaban J connectivity index is 2.26. The van der Waals surface area contributed by atoms with Crippen molar-refractivity contribution in [3.63, 3.8) is 0 Å². The van der Waals surface area contributed by atoms with Gasteiger partial charge in [0.1, 0.15) is 5.02 Å². The second-order valence-electron chi connectivity index (χ2n) is 4.94. The Hall–Kier alpha value is -2.03. The fourth-order valence-corrected chi connectivity index (χ4v) is 3.00. The van der Waals surface area contributed by atoms with E-state index in [0.29, 0.717) is 5.02 Å². The van der Waals surface area contributed by atoms with Gasteiger partial charge in [0.2, 0.25) is 0 Å². The topological polar surface area (TPSA) is 22.0 Å². The molecule has 2 aromatic carbocycles. The minimum atomic E-state index is -0.272. The van der Waals surface area contributed by atoms with E-state index in [1.54, 1.807) is 10.8 Å². The van der Waals surface area contributed by atoms with Gasteiger partial charge in [-0.3, -0.25) is 4.79 Å². The van der Waals surface area contributed by atoms with Crippen LogP contribution in [0, 0.1) is 0 Å². The van der Waals surface area contributed by atoms with E-state index < -0.39 is 0 Å². The number of rotatable bonds is 3. The molecule has 0 aliphatic heterocycles. The van der Waals surface area contributed by atoms with Gasteiger partial charge in [0.25, 0.3) is 5.56 Å². The summed E-state index contributed by atoms with van der Waals surface area (Å²) in [4.78, 5) is 12.5. The Morgan fingerprint density at radius 3 is 1.82 bits per heavy atom. The van der Waals surface area contributed by atoms with Crippen LogP contribution in [-0.4, -0.2) is 4.57 Å². The van der Waals surface area contributed by atoms with Crippen molar-refractivity contribution < 1.29 is 0 Å². The van der Waals surface area contributed by atoms with Crippen molar-refractivity contribution in [2.45, 2.75) is 6.04 Å². The number of benzene rings is 2. The maximum Gasteiger partial charge on any atom is 0.270 e. The quantitative estimate of drug-likeness (QED) is 0.676. The second-order valence-corrected chi connectivity index (χ2v) is 5.79. The molecule has 0 spiro atoms. The lowest BCUT2D eigenvalue weighted by atomic mass is 9.98. The Bertz CT molecular complexity index is 789. The molecule has 0 N–H and O–H groups in total. The number of nitrogens with zero attached hydrogens (tertiary/aromatic N) is 1. The van der Waals surface area contributed by atoms with Gasteiger partial charge < -0.3 is 4.57 Å². The van der Waals surface area contributed by atoms with Crippen LogP contribution in [0.15, 0.2) is 77.7 Å². The molecular formula is C18H13Cl2NO. The van der Waals surface area contributed by atoms with Crippen molar-refractivity contribution in [3.05, 3.63) is 104 Å². The van der Waals surface area contributed by atoms with E-state index in [-0.39, 0.29) is 16.6 Å². The molecule has 110 valence electrons. The fourth-order valence-electron chi connectivity index (χ4n) is 2.51. The minimum Gasteiger partial charge on any atom is -0.301 e. The molecule has 0 radical (unpaired) electrons. The third kappa shape index (κ3) is 2.94. The summed E-state index contributed by atoms with van der Waals surface area (Å²) < 4.78 is 1.58. The highest BCUT2D eigenvalue weighted by Gasteiger charge is 2.18. The second kappa shape index (κ2) is 6.39. The van der Waals surface area contributed by atoms with Gasteiger partial charge in [0, 0.05) is 6.20 Å². The molecule has 3 rings (SSSR count). The van der Waals surface area contributed by atoms with Gasteiger partial charge in [-0.2, -0.15) is 0 Å². The summed E-state index contributed by atoms with van der Waals surface area (Å²) in [5.74, 6) is 0. The van der Waals surface area contributed by atoms with E-state index >= 15 is 0 Å². The molecule has 1 aromatic heterocycles. The fraction of sp³-hybridized carbons (Fsp3) is 0.0556. The third-order valence-corrected chi connectivity index (χ3v) is 3.95. The van der Waals surface area contributed by atoms with Gasteiger partial charge in [-0.15, -0.1) is 0 Å². The highest BCUT2D eigenvalue weighted by molar-refractivity contribution is 6.34. The summed E-state index contributed by atoms with van der Waals surface area (Å²) in [5, 5.41) is 0.547. The Kier molecular flexibility index (Phi) is 4.32. The molecule has 0 amide bonds. The number of hydrogen-bond acceptors (Lipinski definition) is 1. The van der Waals surface area contributed by atoms with Gasteiger partial charge in [-0.25, -0.2) is 0 Å². The summed E-state index contributed by atoms with van der Waals surface area (Å²) >= 11 is 12.1. The first-order chi connectivity index (χ1) is 10.7. The molecule has 0 aliphatic carbocycles. The largest absolute Gasteiger partial charge is 0.301 e. The zero-order valence-corrected chi connectivity index (χ0v) is 13.1. The van der Waals surface area contributed by atoms with Gasteiger partial charge in [-0.1, -0.05) is 83.9 Å². The summed E-state index contributed by atoms with van der Waals surface area (Å²) in [6.07, 6.45) is 1.63. The maximum absolute atomic E-state index is 12.5. The standard InChI is InChI=1S/C18H13Cl2NO/c19-15-11-16(20)18(22)21(12-15)17(13-7-3-1-4-8-13)14-9-5-2-6-10-14/h1-12,17H. The smallest absolute Gasteiger partial charge is 0.270 e. The van der Waals surface area contributed by atoms with Crippen molar-refractivity contribution in [2.75, 3.05) is 0 Å². The van der Waals surface area contributed by atoms with Crippen LogP contribution in [0.3, 0.4) is 0 Å². The first-order valence-electron chi connectivity index (χ1n) is 6.84. The molecule has 0 atom stereocenters. The van der Waals surface area contributed by atoms with Crippen molar-refractivity contribution in [1.29, 1.82) is 0 Å². The normalized spacial score (nSPS) is 10.9. The summed E-state index contributed by atoms with van der Waals surface area (Å²) in [5.41, 5.74) is 1.73. The molecule has 0 aliphatic rings. The van der Waals surface area contributed by atoms with E-state index in [4.69, 9.17) is 23.2 Å². The molecule has 4 heteroatoms. The average Bonchev–Trinajstić information content (AvgIpc) is 2.54. The SMILES string of the molecule is O=c1c(Cl)cc(Cl)cn1C(c1ccccc1)c1ccccc1. The molecule has 0 bridgehead atoms. The van der Waals surface area contributed by atoms with Gasteiger partial charge in [-0.05, 0) is 17.2 Å². The molecule has 0 unspecified atom stereocenters. The van der Waals surface area contributed by atoms with Crippen LogP contribution in [0.25, 0.3) is 0 Å². The van der Waals surface area contributed by atoms with E-state index in [2.05, 4.69) is 0 Å². The molecule has 1 heterocycles. The van der Waals surface area contributed by atoms with Crippen LogP contribution in [0.5, 0.6) is 0 Å². The first kappa shape index (κ1) is 14.9. The molecule has 0 saturated carbocycles. The monoisotopic (exact) mass is 329 g/mol. The van der Waals surface area contributed by atoms with Crippen LogP contribution in [0.1, 0.15) is 17.2 Å². The maximum atomic E-state index is 12.5. The number of aromatic nitrogens is 1. The van der Waals surface area contributed by atoms with Gasteiger partial charge in [0.05, 0.1) is 11.1 Å².